The molecule has 0 spiro atoms. The summed E-state index contributed by atoms with van der Waals surface area (Å²) in [5.74, 6) is 0. The van der Waals surface area contributed by atoms with Gasteiger partial charge in [-0.2, -0.15) is 17.4 Å². The van der Waals surface area contributed by atoms with Crippen LogP contribution in [0.25, 0.3) is 0 Å². The Labute approximate surface area is 99.6 Å². The fraction of sp³-hybridized carbons (Fsp3) is 1.00. The number of nitrogens with zero attached hydrogens (tertiary/aromatic N) is 1. The van der Waals surface area contributed by atoms with E-state index in [2.05, 4.69) is 11.6 Å². The second kappa shape index (κ2) is 5.47. The molecule has 1 aliphatic heterocycles. The summed E-state index contributed by atoms with van der Waals surface area (Å²) in [6, 6.07) is 0. The highest BCUT2D eigenvalue weighted by Crippen LogP contribution is 2.17. The van der Waals surface area contributed by atoms with Gasteiger partial charge in [-0.3, -0.25) is 0 Å². The molecule has 5 heteroatoms. The maximum atomic E-state index is 12.1. The van der Waals surface area contributed by atoms with Gasteiger partial charge in [-0.25, -0.2) is 0 Å². The fourth-order valence-corrected chi connectivity index (χ4v) is 3.86. The summed E-state index contributed by atoms with van der Waals surface area (Å²) in [5, 5.41) is 0. The molecule has 0 aliphatic carbocycles. The number of hydrogen-bond acceptors (Lipinski definition) is 2. The average Bonchev–Trinajstić information content (AvgIpc) is 2.17. The van der Waals surface area contributed by atoms with E-state index in [4.69, 9.17) is 0 Å². The Hall–Kier alpha value is -0.130. The second-order valence-electron chi connectivity index (χ2n) is 5.20. The summed E-state index contributed by atoms with van der Waals surface area (Å²) in [7, 11) is -3.28. The Morgan fingerprint density at radius 1 is 1.19 bits per heavy atom. The summed E-state index contributed by atoms with van der Waals surface area (Å²) < 4.78 is 28.6. The minimum atomic E-state index is -3.28. The zero-order chi connectivity index (χ0) is 12.2. The van der Waals surface area contributed by atoms with Crippen LogP contribution in [0.3, 0.4) is 0 Å². The highest BCUT2D eigenvalue weighted by Gasteiger charge is 2.29. The molecule has 4 nitrogen and oxygen atoms in total. The molecule has 0 aromatic rings. The lowest BCUT2D eigenvalue weighted by molar-refractivity contribution is 0.325. The van der Waals surface area contributed by atoms with Crippen molar-refractivity contribution in [2.24, 2.45) is 0 Å². The highest BCUT2D eigenvalue weighted by atomic mass is 32.2. The Balaban J connectivity index is 2.63. The molecule has 1 saturated heterocycles. The lowest BCUT2D eigenvalue weighted by atomic mass is 10.0. The number of rotatable bonds is 5. The summed E-state index contributed by atoms with van der Waals surface area (Å²) in [4.78, 5) is 0. The smallest absolute Gasteiger partial charge is 0.197 e. The van der Waals surface area contributed by atoms with E-state index in [-0.39, 0.29) is 5.54 Å². The molecule has 0 aromatic carbocycles. The van der Waals surface area contributed by atoms with E-state index >= 15 is 0 Å². The fourth-order valence-electron chi connectivity index (χ4n) is 2.19. The SMILES string of the molecule is CCCC(C)(C)NS(=O)(=O)N1CCCCC1. The van der Waals surface area contributed by atoms with Crippen LogP contribution in [-0.2, 0) is 10.2 Å². The van der Waals surface area contributed by atoms with Gasteiger partial charge in [0.1, 0.15) is 0 Å². The summed E-state index contributed by atoms with van der Waals surface area (Å²) >= 11 is 0. The van der Waals surface area contributed by atoms with Crippen LogP contribution in [0.5, 0.6) is 0 Å². The van der Waals surface area contributed by atoms with Crippen molar-refractivity contribution in [3.8, 4) is 0 Å². The molecule has 1 N–H and O–H groups in total. The van der Waals surface area contributed by atoms with E-state index in [9.17, 15) is 8.42 Å². The second-order valence-corrected chi connectivity index (χ2v) is 6.87. The van der Waals surface area contributed by atoms with Crippen LogP contribution >= 0.6 is 0 Å². The highest BCUT2D eigenvalue weighted by molar-refractivity contribution is 7.87. The first-order valence-electron chi connectivity index (χ1n) is 6.16. The molecule has 16 heavy (non-hydrogen) atoms. The van der Waals surface area contributed by atoms with E-state index in [0.717, 1.165) is 32.1 Å². The van der Waals surface area contributed by atoms with Crippen LogP contribution < -0.4 is 4.72 Å². The van der Waals surface area contributed by atoms with E-state index in [1.165, 1.54) is 0 Å². The van der Waals surface area contributed by atoms with E-state index in [0.29, 0.717) is 13.1 Å². The molecule has 0 amide bonds. The normalized spacial score (nSPS) is 19.9. The van der Waals surface area contributed by atoms with Crippen LogP contribution in [0.4, 0.5) is 0 Å². The van der Waals surface area contributed by atoms with Gasteiger partial charge < -0.3 is 0 Å². The lowest BCUT2D eigenvalue weighted by Gasteiger charge is -2.32. The van der Waals surface area contributed by atoms with Crippen molar-refractivity contribution < 1.29 is 8.42 Å². The van der Waals surface area contributed by atoms with Crippen LogP contribution in [0.1, 0.15) is 52.9 Å². The van der Waals surface area contributed by atoms with Crippen molar-refractivity contribution in [1.82, 2.24) is 9.03 Å². The van der Waals surface area contributed by atoms with Crippen molar-refractivity contribution >= 4 is 10.2 Å². The predicted octanol–water partition coefficient (Wildman–Crippen LogP) is 1.89. The molecule has 0 saturated carbocycles. The van der Waals surface area contributed by atoms with Crippen LogP contribution in [0.15, 0.2) is 0 Å². The molecule has 0 aromatic heterocycles. The van der Waals surface area contributed by atoms with Gasteiger partial charge in [0.15, 0.2) is 0 Å². The van der Waals surface area contributed by atoms with Gasteiger partial charge in [0, 0.05) is 18.6 Å². The van der Waals surface area contributed by atoms with E-state index < -0.39 is 10.2 Å². The third-order valence-electron chi connectivity index (χ3n) is 2.94. The molecule has 0 radical (unpaired) electrons. The summed E-state index contributed by atoms with van der Waals surface area (Å²) in [5.41, 5.74) is -0.342. The van der Waals surface area contributed by atoms with E-state index in [1.807, 2.05) is 13.8 Å². The van der Waals surface area contributed by atoms with Crippen molar-refractivity contribution in [2.75, 3.05) is 13.1 Å². The van der Waals surface area contributed by atoms with Gasteiger partial charge >= 0.3 is 0 Å². The summed E-state index contributed by atoms with van der Waals surface area (Å²) in [6.45, 7) is 7.28. The van der Waals surface area contributed by atoms with Gasteiger partial charge in [0.25, 0.3) is 10.2 Å². The molecular weight excluding hydrogens is 224 g/mol. The molecular formula is C11H24N2O2S. The molecule has 0 bridgehead atoms. The number of piperidine rings is 1. The first kappa shape index (κ1) is 13.9. The zero-order valence-electron chi connectivity index (χ0n) is 10.6. The Kier molecular flexibility index (Phi) is 4.76. The van der Waals surface area contributed by atoms with Crippen molar-refractivity contribution in [3.63, 3.8) is 0 Å². The zero-order valence-corrected chi connectivity index (χ0v) is 11.4. The molecule has 1 heterocycles. The number of nitrogens with one attached hydrogen (secondary N) is 1. The molecule has 1 fully saturated rings. The first-order valence-corrected chi connectivity index (χ1v) is 7.60. The Bertz CT molecular complexity index is 306. The molecule has 96 valence electrons. The van der Waals surface area contributed by atoms with Crippen molar-refractivity contribution in [3.05, 3.63) is 0 Å². The molecule has 0 atom stereocenters. The van der Waals surface area contributed by atoms with Gasteiger partial charge in [0.2, 0.25) is 0 Å². The lowest BCUT2D eigenvalue weighted by Crippen LogP contribution is -2.51. The summed E-state index contributed by atoms with van der Waals surface area (Å²) in [6.07, 6.45) is 4.95. The van der Waals surface area contributed by atoms with Crippen molar-refractivity contribution in [2.45, 2.75) is 58.4 Å². The monoisotopic (exact) mass is 248 g/mol. The molecule has 1 aliphatic rings. The van der Waals surface area contributed by atoms with E-state index in [1.54, 1.807) is 4.31 Å². The number of hydrogen-bond donors (Lipinski definition) is 1. The largest absolute Gasteiger partial charge is 0.279 e. The van der Waals surface area contributed by atoms with Gasteiger partial charge in [-0.05, 0) is 33.1 Å². The van der Waals surface area contributed by atoms with Gasteiger partial charge in [0.05, 0.1) is 0 Å². The average molecular weight is 248 g/mol. The first-order chi connectivity index (χ1) is 7.37. The topological polar surface area (TPSA) is 49.4 Å². The third kappa shape index (κ3) is 4.03. The van der Waals surface area contributed by atoms with Crippen LogP contribution in [0.2, 0.25) is 0 Å². The predicted molar refractivity (Wildman–Crippen MR) is 66.5 cm³/mol. The maximum Gasteiger partial charge on any atom is 0.279 e. The quantitative estimate of drug-likeness (QED) is 0.807. The minimum absolute atomic E-state index is 0.342. The maximum absolute atomic E-state index is 12.1. The Morgan fingerprint density at radius 3 is 2.25 bits per heavy atom. The third-order valence-corrected chi connectivity index (χ3v) is 4.79. The molecule has 0 unspecified atom stereocenters. The Morgan fingerprint density at radius 2 is 1.75 bits per heavy atom. The van der Waals surface area contributed by atoms with Gasteiger partial charge in [-0.1, -0.05) is 19.8 Å². The van der Waals surface area contributed by atoms with Crippen LogP contribution in [-0.4, -0.2) is 31.4 Å². The van der Waals surface area contributed by atoms with Crippen molar-refractivity contribution in [1.29, 1.82) is 0 Å². The van der Waals surface area contributed by atoms with Gasteiger partial charge in [-0.15, -0.1) is 0 Å². The molecule has 1 rings (SSSR count). The minimum Gasteiger partial charge on any atom is -0.197 e. The standard InChI is InChI=1S/C11H24N2O2S/c1-4-8-11(2,3)12-16(14,15)13-9-6-5-7-10-13/h12H,4-10H2,1-3H3. The van der Waals surface area contributed by atoms with Crippen LogP contribution in [0, 0.1) is 0 Å².